The average molecular weight is 886 g/mol. The van der Waals surface area contributed by atoms with Gasteiger partial charge >= 0.3 is 6.03 Å². The molecule has 2 fully saturated rings. The van der Waals surface area contributed by atoms with Crippen LogP contribution in [-0.2, 0) is 25.9 Å². The third-order valence-corrected chi connectivity index (χ3v) is 12.0. The fourth-order valence-electron chi connectivity index (χ4n) is 8.62. The number of amides is 2. The molecule has 2 aromatic carbocycles. The maximum absolute atomic E-state index is 13.5. The van der Waals surface area contributed by atoms with Crippen LogP contribution in [0.25, 0.3) is 0 Å². The summed E-state index contributed by atoms with van der Waals surface area (Å²) in [7, 11) is 0. The molecule has 302 valence electrons. The van der Waals surface area contributed by atoms with Crippen molar-refractivity contribution in [2.24, 2.45) is 16.6 Å². The monoisotopic (exact) mass is 885 g/mol. The molecule has 8 rings (SSSR count). The summed E-state index contributed by atoms with van der Waals surface area (Å²) in [5, 5.41) is 6.31. The molecule has 0 atom stereocenters. The van der Waals surface area contributed by atoms with E-state index < -0.39 is 0 Å². The molecule has 4 heterocycles. The lowest BCUT2D eigenvalue weighted by atomic mass is 9.66. The summed E-state index contributed by atoms with van der Waals surface area (Å²) in [5.41, 5.74) is 12.9. The number of halogens is 3. The largest absolute Gasteiger partial charge is 0.469 e. The number of nitrogens with one attached hydrogen (secondary N) is 2. The second-order valence-corrected chi connectivity index (χ2v) is 15.7. The highest BCUT2D eigenvalue weighted by atomic mass is 127. The molecule has 56 heavy (non-hydrogen) atoms. The Bertz CT molecular complexity index is 1990. The molecular formula is C44H55F2IN4O5. The summed E-state index contributed by atoms with van der Waals surface area (Å²) in [4.78, 5) is 39.5. The van der Waals surface area contributed by atoms with Gasteiger partial charge in [0.25, 0.3) is 0 Å². The lowest BCUT2D eigenvalue weighted by Gasteiger charge is -2.44. The Morgan fingerprint density at radius 1 is 0.821 bits per heavy atom. The molecule has 2 aliphatic heterocycles. The van der Waals surface area contributed by atoms with Crippen molar-refractivity contribution in [3.8, 4) is 0 Å². The molecule has 0 radical (unpaired) electrons. The number of alkyl halides is 1. The zero-order valence-corrected chi connectivity index (χ0v) is 35.1. The zero-order chi connectivity index (χ0) is 41.3. The molecule has 0 bridgehead atoms. The number of benzene rings is 2. The summed E-state index contributed by atoms with van der Waals surface area (Å²) < 4.78 is 43.3. The van der Waals surface area contributed by atoms with E-state index in [1.807, 2.05) is 55.2 Å². The van der Waals surface area contributed by atoms with Gasteiger partial charge in [0.2, 0.25) is 0 Å². The molecule has 12 heteroatoms. The minimum absolute atomic E-state index is 0.0181. The molecule has 4 aromatic rings. The number of urea groups is 1. The quantitative estimate of drug-likeness (QED) is 0.138. The van der Waals surface area contributed by atoms with E-state index in [0.717, 1.165) is 96.5 Å². The van der Waals surface area contributed by atoms with Gasteiger partial charge in [-0.15, -0.1) is 0 Å². The average Bonchev–Trinajstić information content (AvgIpc) is 3.69. The minimum Gasteiger partial charge on any atom is -0.469 e. The second kappa shape index (κ2) is 19.0. The van der Waals surface area contributed by atoms with Gasteiger partial charge in [-0.1, -0.05) is 34.7 Å². The van der Waals surface area contributed by atoms with Crippen LogP contribution in [0.5, 0.6) is 0 Å². The Hall–Kier alpha value is -3.88. The van der Waals surface area contributed by atoms with Gasteiger partial charge < -0.3 is 30.1 Å². The van der Waals surface area contributed by atoms with Gasteiger partial charge in [-0.2, -0.15) is 0 Å². The van der Waals surface area contributed by atoms with Crippen LogP contribution in [0, 0.1) is 50.2 Å². The van der Waals surface area contributed by atoms with E-state index in [9.17, 15) is 23.2 Å². The molecule has 2 amide bonds. The Kier molecular flexibility index (Phi) is 14.2. The highest BCUT2D eigenvalue weighted by Crippen LogP contribution is 2.44. The number of carbonyl (C=O) groups is 3. The molecular weight excluding hydrogens is 829 g/mol. The zero-order valence-electron chi connectivity index (χ0n) is 33.9. The van der Waals surface area contributed by atoms with Crippen molar-refractivity contribution >= 4 is 40.2 Å². The Labute approximate surface area is 344 Å². The molecule has 2 aromatic heterocycles. The van der Waals surface area contributed by atoms with Gasteiger partial charge in [-0.05, 0) is 142 Å². The summed E-state index contributed by atoms with van der Waals surface area (Å²) >= 11 is 1.96. The van der Waals surface area contributed by atoms with Crippen molar-refractivity contribution < 1.29 is 33.4 Å². The van der Waals surface area contributed by atoms with Crippen LogP contribution in [0.4, 0.5) is 13.6 Å². The molecule has 2 saturated heterocycles. The number of fused-ring (bicyclic) bond motifs is 2. The maximum Gasteiger partial charge on any atom is 0.317 e. The van der Waals surface area contributed by atoms with Gasteiger partial charge in [-0.25, -0.2) is 13.6 Å². The number of hydrogen-bond donors (Lipinski definition) is 3. The lowest BCUT2D eigenvalue weighted by Crippen LogP contribution is -2.49. The van der Waals surface area contributed by atoms with Crippen molar-refractivity contribution in [1.29, 1.82) is 0 Å². The van der Waals surface area contributed by atoms with Crippen LogP contribution in [0.2, 0.25) is 0 Å². The number of carbonyl (C=O) groups excluding carboxylic acids is 3. The number of furan rings is 2. The summed E-state index contributed by atoms with van der Waals surface area (Å²) in [5.74, 6) is 1.23. The molecule has 0 unspecified atom stereocenters. The number of Topliss-reactive ketones (excluding diaryl/α,β-unsaturated/α-hetero) is 2. The summed E-state index contributed by atoms with van der Waals surface area (Å²) in [6, 6.07) is 9.07. The lowest BCUT2D eigenvalue weighted by molar-refractivity contribution is 0.0734. The number of nitrogens with two attached hydrogens (primary N) is 1. The number of likely N-dealkylation sites (tertiary alicyclic amines) is 1. The third-order valence-electron chi connectivity index (χ3n) is 12.0. The predicted octanol–water partition coefficient (Wildman–Crippen LogP) is 8.89. The Balaban J connectivity index is 0.000000180. The predicted molar refractivity (Wildman–Crippen MR) is 222 cm³/mol. The normalized spacial score (nSPS) is 17.9. The van der Waals surface area contributed by atoms with Crippen LogP contribution >= 0.6 is 22.6 Å². The summed E-state index contributed by atoms with van der Waals surface area (Å²) in [6.07, 6.45) is 9.83. The first kappa shape index (κ1) is 41.7. The van der Waals surface area contributed by atoms with Crippen LogP contribution in [0.1, 0.15) is 106 Å². The number of hydrogen-bond acceptors (Lipinski definition) is 7. The van der Waals surface area contributed by atoms with Crippen LogP contribution in [-0.4, -0.2) is 53.6 Å². The van der Waals surface area contributed by atoms with E-state index in [1.165, 1.54) is 24.3 Å². The van der Waals surface area contributed by atoms with Crippen molar-refractivity contribution in [2.45, 2.75) is 92.2 Å². The first-order valence-corrected chi connectivity index (χ1v) is 20.7. The van der Waals surface area contributed by atoms with Crippen molar-refractivity contribution in [2.75, 3.05) is 31.1 Å². The Morgan fingerprint density at radius 2 is 1.29 bits per heavy atom. The third kappa shape index (κ3) is 10.2. The van der Waals surface area contributed by atoms with Crippen molar-refractivity contribution in [3.63, 3.8) is 0 Å². The first-order chi connectivity index (χ1) is 27.2. The smallest absolute Gasteiger partial charge is 0.317 e. The fourth-order valence-corrected chi connectivity index (χ4v) is 8.62. The van der Waals surface area contributed by atoms with Gasteiger partial charge in [-0.3, -0.25) is 9.59 Å². The second-order valence-electron chi connectivity index (χ2n) is 15.7. The van der Waals surface area contributed by atoms with Gasteiger partial charge in [0, 0.05) is 62.6 Å². The van der Waals surface area contributed by atoms with Crippen LogP contribution in [0.3, 0.4) is 0 Å². The molecule has 2 aliphatic carbocycles. The molecule has 4 N–H and O–H groups in total. The highest BCUT2D eigenvalue weighted by Gasteiger charge is 2.42. The first-order valence-electron chi connectivity index (χ1n) is 19.9. The van der Waals surface area contributed by atoms with E-state index in [2.05, 4.69) is 10.6 Å². The van der Waals surface area contributed by atoms with E-state index in [-0.39, 0.29) is 40.1 Å². The number of ketones is 2. The van der Waals surface area contributed by atoms with E-state index in [1.54, 1.807) is 24.7 Å². The van der Waals surface area contributed by atoms with Gasteiger partial charge in [0.05, 0.1) is 12.5 Å². The van der Waals surface area contributed by atoms with E-state index >= 15 is 0 Å². The highest BCUT2D eigenvalue weighted by molar-refractivity contribution is 14.1. The minimum atomic E-state index is -0.363. The van der Waals surface area contributed by atoms with E-state index in [4.69, 9.17) is 15.9 Å². The molecule has 0 saturated carbocycles. The number of rotatable bonds is 3. The Morgan fingerprint density at radius 3 is 1.71 bits per heavy atom. The fraction of sp³-hybridized carbons (Fsp3) is 0.477. The van der Waals surface area contributed by atoms with Gasteiger partial charge in [0.15, 0.2) is 11.6 Å². The van der Waals surface area contributed by atoms with Crippen LogP contribution < -0.4 is 16.4 Å². The number of piperidine rings is 2. The van der Waals surface area contributed by atoms with E-state index in [0.29, 0.717) is 55.1 Å². The number of nitrogens with zero attached hydrogens (tertiary/aromatic N) is 1. The standard InChI is InChI=1S/C22H25FN2O3.C14H16FNO.C7H11NO.CH3I/c1-14-13-28-15(2)19(14)12-24-21(27)25-7-5-22(6-8-25)10-16-3-4-17(23)9-18(16)20(26)11-22;15-11-2-1-10-8-14(3-5-16-6-4-14)9-13(17)12(10)7-11;1-5-4-9-6(2)7(5)3-8;1-2/h3-4,9,13H,5-8,10-12H2,1-2H3,(H,24,27);1-2,7,16H,3-6,8-9H2;4H,3,8H2,1-2H3;1H3/i;;;1D. The van der Waals surface area contributed by atoms with Crippen molar-refractivity contribution in [3.05, 3.63) is 117 Å². The molecule has 4 aliphatic rings. The SMILES string of the molecule is Cc1coc(C)c1CN.Cc1coc(C)c1CNC(=O)N1CCC2(CC1)CC(=O)c1cc(F)ccc1C2.O=C1CC2(CCNCC2)Cc2ccc(F)cc21.[2H]CI. The van der Waals surface area contributed by atoms with Crippen molar-refractivity contribution in [1.82, 2.24) is 15.5 Å². The summed E-state index contributed by atoms with van der Waals surface area (Å²) in [6.45, 7) is 12.0. The van der Waals surface area contributed by atoms with Gasteiger partial charge in [0.1, 0.15) is 23.2 Å². The maximum atomic E-state index is 13.5. The number of aryl methyl sites for hydroxylation is 4. The topological polar surface area (TPSA) is 131 Å². The molecule has 2 spiro atoms. The molecule has 9 nitrogen and oxygen atoms in total. The van der Waals surface area contributed by atoms with Crippen LogP contribution in [0.15, 0.2) is 57.8 Å².